The molecule has 0 aliphatic heterocycles. The molecule has 9 heteroatoms. The van der Waals surface area contributed by atoms with E-state index in [4.69, 9.17) is 4.65 Å². The summed E-state index contributed by atoms with van der Waals surface area (Å²) in [5.41, 5.74) is -1.68. The molecule has 0 aromatic carbocycles. The van der Waals surface area contributed by atoms with Gasteiger partial charge < -0.3 is 9.76 Å². The van der Waals surface area contributed by atoms with Crippen LogP contribution in [0.3, 0.4) is 0 Å². The van der Waals surface area contributed by atoms with Crippen molar-refractivity contribution in [2.45, 2.75) is 64.5 Å². The molecule has 2 aromatic rings. The summed E-state index contributed by atoms with van der Waals surface area (Å²) in [6.07, 6.45) is 0.482. The van der Waals surface area contributed by atoms with Crippen molar-refractivity contribution in [2.24, 2.45) is 0 Å². The summed E-state index contributed by atoms with van der Waals surface area (Å²) >= 11 is 0. The second-order valence-electron chi connectivity index (χ2n) is 7.45. The van der Waals surface area contributed by atoms with Crippen LogP contribution in [0.1, 0.15) is 58.3 Å². The molecule has 2 aromatic heterocycles. The van der Waals surface area contributed by atoms with Crippen LogP contribution in [0.15, 0.2) is 30.7 Å². The van der Waals surface area contributed by atoms with Crippen LogP contribution < -0.4 is 5.46 Å². The third-order valence-corrected chi connectivity index (χ3v) is 4.75. The molecule has 0 spiro atoms. The van der Waals surface area contributed by atoms with Gasteiger partial charge in [0.1, 0.15) is 5.69 Å². The number of halogens is 3. The fourth-order valence-electron chi connectivity index (χ4n) is 2.33. The van der Waals surface area contributed by atoms with Gasteiger partial charge in [-0.1, -0.05) is 6.92 Å². The van der Waals surface area contributed by atoms with Crippen molar-refractivity contribution in [1.29, 1.82) is 0 Å². The highest BCUT2D eigenvalue weighted by Crippen LogP contribution is 2.30. The number of aromatic nitrogens is 3. The molecule has 147 valence electrons. The SMILES string of the molecule is CCC(c1ccnc(C(F)(F)F)c1)n1cc([B]OC(C)(C)C(C)(C)O)cn1. The van der Waals surface area contributed by atoms with Crippen LogP contribution in [0.4, 0.5) is 13.2 Å². The van der Waals surface area contributed by atoms with Gasteiger partial charge in [0, 0.05) is 18.6 Å². The van der Waals surface area contributed by atoms with Gasteiger partial charge in [0.05, 0.1) is 17.2 Å². The van der Waals surface area contributed by atoms with Crippen molar-refractivity contribution in [2.75, 3.05) is 0 Å². The van der Waals surface area contributed by atoms with E-state index in [9.17, 15) is 18.3 Å². The molecular weight excluding hydrogens is 358 g/mol. The highest BCUT2D eigenvalue weighted by Gasteiger charge is 2.36. The van der Waals surface area contributed by atoms with Gasteiger partial charge in [-0.25, -0.2) is 0 Å². The van der Waals surface area contributed by atoms with Crippen molar-refractivity contribution in [3.63, 3.8) is 0 Å². The van der Waals surface area contributed by atoms with Gasteiger partial charge in [0.25, 0.3) is 0 Å². The van der Waals surface area contributed by atoms with Crippen molar-refractivity contribution in [3.05, 3.63) is 42.0 Å². The van der Waals surface area contributed by atoms with Gasteiger partial charge in [0.15, 0.2) is 0 Å². The van der Waals surface area contributed by atoms with Gasteiger partial charge in [0.2, 0.25) is 0 Å². The first-order valence-corrected chi connectivity index (χ1v) is 8.66. The van der Waals surface area contributed by atoms with Crippen molar-refractivity contribution < 1.29 is 22.9 Å². The zero-order valence-electron chi connectivity index (χ0n) is 16.1. The molecule has 1 N–H and O–H groups in total. The Balaban J connectivity index is 2.19. The number of aliphatic hydroxyl groups is 1. The summed E-state index contributed by atoms with van der Waals surface area (Å²) in [6.45, 7) is 8.70. The summed E-state index contributed by atoms with van der Waals surface area (Å²) < 4.78 is 46.1. The first-order chi connectivity index (χ1) is 12.3. The molecule has 1 unspecified atom stereocenters. The van der Waals surface area contributed by atoms with Gasteiger partial charge >= 0.3 is 13.7 Å². The minimum absolute atomic E-state index is 0.362. The molecule has 2 rings (SSSR count). The van der Waals surface area contributed by atoms with Crippen molar-refractivity contribution >= 4 is 12.9 Å². The van der Waals surface area contributed by atoms with E-state index in [1.807, 2.05) is 6.92 Å². The maximum atomic E-state index is 12.9. The van der Waals surface area contributed by atoms with Crippen LogP contribution in [0, 0.1) is 0 Å². The summed E-state index contributed by atoms with van der Waals surface area (Å²) in [7, 11) is 1.49. The summed E-state index contributed by atoms with van der Waals surface area (Å²) in [4.78, 5) is 3.40. The molecule has 0 bridgehead atoms. The minimum atomic E-state index is -4.49. The number of rotatable bonds is 7. The average molecular weight is 382 g/mol. The van der Waals surface area contributed by atoms with Crippen LogP contribution in [-0.2, 0) is 10.8 Å². The number of pyridine rings is 1. The standard InChI is InChI=1S/C18H24BF3N3O2/c1-6-14(12-7-8-23-15(9-12)18(20,21)22)25-11-13(10-24-25)19-27-17(4,5)16(2,3)26/h7-11,14,26H,6H2,1-5H3. The number of hydrogen-bond donors (Lipinski definition) is 1. The van der Waals surface area contributed by atoms with Crippen molar-refractivity contribution in [3.8, 4) is 0 Å². The largest absolute Gasteiger partial charge is 0.433 e. The monoisotopic (exact) mass is 382 g/mol. The van der Waals surface area contributed by atoms with Gasteiger partial charge in [-0.3, -0.25) is 9.67 Å². The molecule has 0 saturated heterocycles. The quantitative estimate of drug-likeness (QED) is 0.748. The molecule has 0 saturated carbocycles. The highest BCUT2D eigenvalue weighted by molar-refractivity contribution is 6.46. The molecule has 2 heterocycles. The van der Waals surface area contributed by atoms with E-state index in [2.05, 4.69) is 10.1 Å². The van der Waals surface area contributed by atoms with Gasteiger partial charge in [-0.2, -0.15) is 18.3 Å². The maximum absolute atomic E-state index is 12.9. The van der Waals surface area contributed by atoms with E-state index in [-0.39, 0.29) is 6.04 Å². The number of nitrogens with zero attached hydrogens (tertiary/aromatic N) is 3. The molecule has 0 amide bonds. The fraction of sp³-hybridized carbons (Fsp3) is 0.556. The second kappa shape index (κ2) is 7.63. The van der Waals surface area contributed by atoms with E-state index in [1.54, 1.807) is 50.8 Å². The van der Waals surface area contributed by atoms with Crippen molar-refractivity contribution in [1.82, 2.24) is 14.8 Å². The summed E-state index contributed by atoms with van der Waals surface area (Å²) in [6, 6.07) is 2.24. The Kier molecular flexibility index (Phi) is 6.06. The molecule has 0 aliphatic carbocycles. The maximum Gasteiger partial charge on any atom is 0.433 e. The second-order valence-corrected chi connectivity index (χ2v) is 7.45. The normalized spacial score (nSPS) is 14.3. The lowest BCUT2D eigenvalue weighted by molar-refractivity contribution is -0.141. The average Bonchev–Trinajstić information content (AvgIpc) is 3.01. The highest BCUT2D eigenvalue weighted by atomic mass is 19.4. The van der Waals surface area contributed by atoms with E-state index >= 15 is 0 Å². The fourth-order valence-corrected chi connectivity index (χ4v) is 2.33. The Morgan fingerprint density at radius 3 is 2.48 bits per heavy atom. The Labute approximate surface area is 157 Å². The molecule has 27 heavy (non-hydrogen) atoms. The van der Waals surface area contributed by atoms with Crippen LogP contribution >= 0.6 is 0 Å². The molecule has 0 aliphatic rings. The van der Waals surface area contributed by atoms with Gasteiger partial charge in [-0.05, 0) is 57.3 Å². The van der Waals surface area contributed by atoms with E-state index in [0.29, 0.717) is 17.4 Å². The third-order valence-electron chi connectivity index (χ3n) is 4.75. The summed E-state index contributed by atoms with van der Waals surface area (Å²) in [5.74, 6) is 0. The zero-order chi connectivity index (χ0) is 20.5. The topological polar surface area (TPSA) is 60.2 Å². The van der Waals surface area contributed by atoms with Crippen LogP contribution in [-0.4, -0.2) is 38.6 Å². The predicted octanol–water partition coefficient (Wildman–Crippen LogP) is 3.11. The van der Waals surface area contributed by atoms with E-state index < -0.39 is 23.1 Å². The molecular formula is C18H24BF3N3O2. The molecule has 5 nitrogen and oxygen atoms in total. The lowest BCUT2D eigenvalue weighted by atomic mass is 9.84. The Morgan fingerprint density at radius 2 is 1.93 bits per heavy atom. The van der Waals surface area contributed by atoms with E-state index in [1.165, 1.54) is 7.48 Å². The molecule has 1 atom stereocenters. The van der Waals surface area contributed by atoms with E-state index in [0.717, 1.165) is 12.3 Å². The number of hydrogen-bond acceptors (Lipinski definition) is 4. The Hall–Kier alpha value is -1.87. The zero-order valence-corrected chi connectivity index (χ0v) is 16.1. The van der Waals surface area contributed by atoms with Crippen LogP contribution in [0.25, 0.3) is 0 Å². The smallest absolute Gasteiger partial charge is 0.427 e. The Bertz CT molecular complexity index is 770. The van der Waals surface area contributed by atoms with Crippen LogP contribution in [0.2, 0.25) is 0 Å². The first kappa shape index (κ1) is 21.4. The Morgan fingerprint density at radius 1 is 1.26 bits per heavy atom. The minimum Gasteiger partial charge on any atom is -0.427 e. The molecule has 0 fully saturated rings. The lowest BCUT2D eigenvalue weighted by Gasteiger charge is -2.37. The summed E-state index contributed by atoms with van der Waals surface area (Å²) in [5, 5.41) is 14.4. The first-order valence-electron chi connectivity index (χ1n) is 8.66. The lowest BCUT2D eigenvalue weighted by Crippen LogP contribution is -2.49. The predicted molar refractivity (Wildman–Crippen MR) is 96.7 cm³/mol. The third kappa shape index (κ3) is 5.10. The number of alkyl halides is 3. The van der Waals surface area contributed by atoms with Crippen LogP contribution in [0.5, 0.6) is 0 Å². The molecule has 1 radical (unpaired) electrons. The van der Waals surface area contributed by atoms with Gasteiger partial charge in [-0.15, -0.1) is 0 Å².